The highest BCUT2D eigenvalue weighted by molar-refractivity contribution is 5.74. The first-order chi connectivity index (χ1) is 9.08. The predicted molar refractivity (Wildman–Crippen MR) is 75.7 cm³/mol. The number of hydrogen-bond acceptors (Lipinski definition) is 2. The quantitative estimate of drug-likeness (QED) is 0.801. The van der Waals surface area contributed by atoms with E-state index in [0.717, 1.165) is 24.2 Å². The number of rotatable bonds is 5. The lowest BCUT2D eigenvalue weighted by atomic mass is 10.1. The Balaban J connectivity index is 1.76. The third-order valence-electron chi connectivity index (χ3n) is 3.42. The second-order valence-electron chi connectivity index (χ2n) is 5.18. The Bertz CT molecular complexity index is 467. The molecule has 1 fully saturated rings. The minimum absolute atomic E-state index is 0.0937. The minimum Gasteiger partial charge on any atom is -0.491 e. The standard InChI is InChI=1S/C15H22N2O2/c1-10-4-5-11(2)14(12(10)3)19-9-8-16-15(18)17-13-6-7-13/h4-5,13H,6-9H2,1-3H3,(H2,16,17,18). The van der Waals surface area contributed by atoms with Gasteiger partial charge in [0, 0.05) is 6.04 Å². The summed E-state index contributed by atoms with van der Waals surface area (Å²) in [6.07, 6.45) is 2.21. The summed E-state index contributed by atoms with van der Waals surface area (Å²) in [5, 5.41) is 5.68. The van der Waals surface area contributed by atoms with Crippen molar-refractivity contribution in [1.82, 2.24) is 10.6 Å². The van der Waals surface area contributed by atoms with E-state index in [1.54, 1.807) is 0 Å². The lowest BCUT2D eigenvalue weighted by molar-refractivity contribution is 0.236. The van der Waals surface area contributed by atoms with Crippen molar-refractivity contribution in [3.05, 3.63) is 28.8 Å². The maximum absolute atomic E-state index is 11.4. The van der Waals surface area contributed by atoms with Crippen LogP contribution in [-0.2, 0) is 0 Å². The zero-order chi connectivity index (χ0) is 13.8. The van der Waals surface area contributed by atoms with Gasteiger partial charge in [-0.15, -0.1) is 0 Å². The monoisotopic (exact) mass is 262 g/mol. The fourth-order valence-electron chi connectivity index (χ4n) is 1.93. The van der Waals surface area contributed by atoms with Crippen LogP contribution < -0.4 is 15.4 Å². The first-order valence-electron chi connectivity index (χ1n) is 6.82. The molecule has 1 aliphatic carbocycles. The molecule has 4 heteroatoms. The van der Waals surface area contributed by atoms with Gasteiger partial charge in [0.1, 0.15) is 12.4 Å². The fraction of sp³-hybridized carbons (Fsp3) is 0.533. The molecule has 0 radical (unpaired) electrons. The number of amides is 2. The largest absolute Gasteiger partial charge is 0.491 e. The van der Waals surface area contributed by atoms with E-state index in [2.05, 4.69) is 36.6 Å². The average Bonchev–Trinajstić information content (AvgIpc) is 3.17. The van der Waals surface area contributed by atoms with Crippen LogP contribution in [0, 0.1) is 20.8 Å². The van der Waals surface area contributed by atoms with E-state index >= 15 is 0 Å². The molecular weight excluding hydrogens is 240 g/mol. The van der Waals surface area contributed by atoms with Crippen molar-refractivity contribution in [3.63, 3.8) is 0 Å². The Hall–Kier alpha value is -1.71. The van der Waals surface area contributed by atoms with Gasteiger partial charge in [-0.25, -0.2) is 4.79 Å². The zero-order valence-electron chi connectivity index (χ0n) is 11.9. The van der Waals surface area contributed by atoms with Gasteiger partial charge in [0.15, 0.2) is 0 Å². The molecule has 1 saturated carbocycles. The predicted octanol–water partition coefficient (Wildman–Crippen LogP) is 2.45. The molecule has 0 saturated heterocycles. The van der Waals surface area contributed by atoms with Crippen molar-refractivity contribution in [2.75, 3.05) is 13.2 Å². The molecule has 4 nitrogen and oxygen atoms in total. The molecule has 19 heavy (non-hydrogen) atoms. The molecule has 0 unspecified atom stereocenters. The Labute approximate surface area is 114 Å². The molecule has 2 amide bonds. The summed E-state index contributed by atoms with van der Waals surface area (Å²) >= 11 is 0. The fourth-order valence-corrected chi connectivity index (χ4v) is 1.93. The summed E-state index contributed by atoms with van der Waals surface area (Å²) in [6, 6.07) is 4.45. The maximum atomic E-state index is 11.4. The highest BCUT2D eigenvalue weighted by atomic mass is 16.5. The molecule has 0 bridgehead atoms. The first-order valence-corrected chi connectivity index (χ1v) is 6.82. The van der Waals surface area contributed by atoms with Crippen LogP contribution in [0.15, 0.2) is 12.1 Å². The van der Waals surface area contributed by atoms with Crippen LogP contribution in [0.5, 0.6) is 5.75 Å². The van der Waals surface area contributed by atoms with Crippen molar-refractivity contribution in [3.8, 4) is 5.75 Å². The molecule has 0 aromatic heterocycles. The molecule has 0 heterocycles. The summed E-state index contributed by atoms with van der Waals surface area (Å²) in [5.41, 5.74) is 3.52. The molecule has 1 aromatic rings. The van der Waals surface area contributed by atoms with Gasteiger partial charge < -0.3 is 15.4 Å². The Morgan fingerprint density at radius 3 is 2.63 bits per heavy atom. The summed E-state index contributed by atoms with van der Waals surface area (Å²) in [6.45, 7) is 7.18. The zero-order valence-corrected chi connectivity index (χ0v) is 11.9. The van der Waals surface area contributed by atoms with Gasteiger partial charge in [0.05, 0.1) is 6.54 Å². The SMILES string of the molecule is Cc1ccc(C)c(OCCNC(=O)NC2CC2)c1C. The lowest BCUT2D eigenvalue weighted by Crippen LogP contribution is -2.38. The number of urea groups is 1. The van der Waals surface area contributed by atoms with Crippen molar-refractivity contribution in [1.29, 1.82) is 0 Å². The molecule has 1 aliphatic rings. The molecule has 0 aliphatic heterocycles. The smallest absolute Gasteiger partial charge is 0.315 e. The number of carbonyl (C=O) groups excluding carboxylic acids is 1. The lowest BCUT2D eigenvalue weighted by Gasteiger charge is -2.14. The van der Waals surface area contributed by atoms with Gasteiger partial charge in [-0.3, -0.25) is 0 Å². The molecular formula is C15H22N2O2. The second-order valence-corrected chi connectivity index (χ2v) is 5.18. The van der Waals surface area contributed by atoms with Gasteiger partial charge in [0.25, 0.3) is 0 Å². The van der Waals surface area contributed by atoms with Crippen LogP contribution in [0.4, 0.5) is 4.79 Å². The second kappa shape index (κ2) is 5.95. The molecule has 0 atom stereocenters. The van der Waals surface area contributed by atoms with E-state index < -0.39 is 0 Å². The van der Waals surface area contributed by atoms with Crippen LogP contribution >= 0.6 is 0 Å². The minimum atomic E-state index is -0.0937. The van der Waals surface area contributed by atoms with Crippen LogP contribution in [-0.4, -0.2) is 25.2 Å². The van der Waals surface area contributed by atoms with E-state index in [1.165, 1.54) is 11.1 Å². The third-order valence-corrected chi connectivity index (χ3v) is 3.42. The van der Waals surface area contributed by atoms with Gasteiger partial charge in [-0.2, -0.15) is 0 Å². The van der Waals surface area contributed by atoms with E-state index in [1.807, 2.05) is 6.92 Å². The van der Waals surface area contributed by atoms with Gasteiger partial charge in [-0.05, 0) is 50.3 Å². The van der Waals surface area contributed by atoms with Crippen molar-refractivity contribution in [2.24, 2.45) is 0 Å². The topological polar surface area (TPSA) is 50.4 Å². The number of carbonyl (C=O) groups is 1. The Morgan fingerprint density at radius 1 is 1.26 bits per heavy atom. The van der Waals surface area contributed by atoms with Gasteiger partial charge in [0.2, 0.25) is 0 Å². The molecule has 104 valence electrons. The number of hydrogen-bond donors (Lipinski definition) is 2. The summed E-state index contributed by atoms with van der Waals surface area (Å²) in [4.78, 5) is 11.4. The Kier molecular flexibility index (Phi) is 4.30. The van der Waals surface area contributed by atoms with E-state index in [-0.39, 0.29) is 6.03 Å². The molecule has 0 spiro atoms. The third kappa shape index (κ3) is 3.88. The number of benzene rings is 1. The van der Waals surface area contributed by atoms with Crippen molar-refractivity contribution < 1.29 is 9.53 Å². The van der Waals surface area contributed by atoms with Crippen LogP contribution in [0.25, 0.3) is 0 Å². The molecule has 2 rings (SSSR count). The van der Waals surface area contributed by atoms with Gasteiger partial charge >= 0.3 is 6.03 Å². The highest BCUT2D eigenvalue weighted by Gasteiger charge is 2.22. The van der Waals surface area contributed by atoms with E-state index in [9.17, 15) is 4.79 Å². The van der Waals surface area contributed by atoms with E-state index in [0.29, 0.717) is 19.2 Å². The van der Waals surface area contributed by atoms with E-state index in [4.69, 9.17) is 4.74 Å². The van der Waals surface area contributed by atoms with Crippen molar-refractivity contribution in [2.45, 2.75) is 39.7 Å². The Morgan fingerprint density at radius 2 is 1.95 bits per heavy atom. The number of ether oxygens (including phenoxy) is 1. The van der Waals surface area contributed by atoms with Gasteiger partial charge in [-0.1, -0.05) is 12.1 Å². The molecule has 1 aromatic carbocycles. The summed E-state index contributed by atoms with van der Waals surface area (Å²) < 4.78 is 5.78. The first kappa shape index (κ1) is 13.7. The average molecular weight is 262 g/mol. The summed E-state index contributed by atoms with van der Waals surface area (Å²) in [7, 11) is 0. The van der Waals surface area contributed by atoms with Crippen LogP contribution in [0.2, 0.25) is 0 Å². The van der Waals surface area contributed by atoms with Crippen LogP contribution in [0.3, 0.4) is 0 Å². The number of nitrogens with one attached hydrogen (secondary N) is 2. The maximum Gasteiger partial charge on any atom is 0.315 e. The summed E-state index contributed by atoms with van der Waals surface area (Å²) in [5.74, 6) is 0.935. The highest BCUT2D eigenvalue weighted by Crippen LogP contribution is 2.25. The normalized spacial score (nSPS) is 14.1. The van der Waals surface area contributed by atoms with Crippen LogP contribution in [0.1, 0.15) is 29.5 Å². The number of aryl methyl sites for hydroxylation is 2. The van der Waals surface area contributed by atoms with Crippen molar-refractivity contribution >= 4 is 6.03 Å². The molecule has 2 N–H and O–H groups in total.